The molecule has 2 atom stereocenters. The van der Waals surface area contributed by atoms with Crippen LogP contribution < -0.4 is 0 Å². The fourth-order valence-electron chi connectivity index (χ4n) is 2.63. The maximum atomic E-state index is 8.69. The van der Waals surface area contributed by atoms with Crippen molar-refractivity contribution in [2.75, 3.05) is 0 Å². The van der Waals surface area contributed by atoms with Gasteiger partial charge in [0.15, 0.2) is 0 Å². The Morgan fingerprint density at radius 1 is 1.18 bits per heavy atom. The molecule has 2 aliphatic rings. The SMILES string of the molecule is ON=C1CCC2CCCCC12. The highest BCUT2D eigenvalue weighted by Gasteiger charge is 2.34. The molecule has 2 unspecified atom stereocenters. The van der Waals surface area contributed by atoms with Crippen LogP contribution in [0.2, 0.25) is 0 Å². The summed E-state index contributed by atoms with van der Waals surface area (Å²) in [6.45, 7) is 0. The highest BCUT2D eigenvalue weighted by molar-refractivity contribution is 5.88. The van der Waals surface area contributed by atoms with E-state index in [0.717, 1.165) is 18.1 Å². The first-order chi connectivity index (χ1) is 5.42. The molecule has 0 bridgehead atoms. The van der Waals surface area contributed by atoms with E-state index in [-0.39, 0.29) is 0 Å². The van der Waals surface area contributed by atoms with Crippen molar-refractivity contribution in [1.82, 2.24) is 0 Å². The topological polar surface area (TPSA) is 32.6 Å². The van der Waals surface area contributed by atoms with Crippen molar-refractivity contribution in [1.29, 1.82) is 0 Å². The fourth-order valence-corrected chi connectivity index (χ4v) is 2.63. The van der Waals surface area contributed by atoms with Crippen LogP contribution in [0.4, 0.5) is 0 Å². The smallest absolute Gasteiger partial charge is 0.0604 e. The Morgan fingerprint density at radius 2 is 2.00 bits per heavy atom. The number of hydrogen-bond donors (Lipinski definition) is 1. The van der Waals surface area contributed by atoms with Crippen LogP contribution >= 0.6 is 0 Å². The lowest BCUT2D eigenvalue weighted by Gasteiger charge is -2.24. The van der Waals surface area contributed by atoms with Gasteiger partial charge in [-0.2, -0.15) is 0 Å². The maximum absolute atomic E-state index is 8.69. The highest BCUT2D eigenvalue weighted by atomic mass is 16.4. The van der Waals surface area contributed by atoms with Crippen LogP contribution in [-0.2, 0) is 0 Å². The van der Waals surface area contributed by atoms with Gasteiger partial charge in [0.05, 0.1) is 5.71 Å². The van der Waals surface area contributed by atoms with Gasteiger partial charge < -0.3 is 5.21 Å². The van der Waals surface area contributed by atoms with Crippen LogP contribution in [0, 0.1) is 11.8 Å². The molecule has 0 radical (unpaired) electrons. The lowest BCUT2D eigenvalue weighted by Crippen LogP contribution is -2.18. The molecule has 62 valence electrons. The molecule has 0 spiro atoms. The van der Waals surface area contributed by atoms with Gasteiger partial charge in [-0.25, -0.2) is 0 Å². The van der Waals surface area contributed by atoms with E-state index >= 15 is 0 Å². The molecule has 2 nitrogen and oxygen atoms in total. The van der Waals surface area contributed by atoms with Crippen molar-refractivity contribution >= 4 is 5.71 Å². The zero-order valence-corrected chi connectivity index (χ0v) is 6.79. The van der Waals surface area contributed by atoms with Crippen LogP contribution in [0.25, 0.3) is 0 Å². The molecule has 2 rings (SSSR count). The molecule has 0 heterocycles. The second-order valence-corrected chi connectivity index (χ2v) is 3.78. The number of nitrogens with zero attached hydrogens (tertiary/aromatic N) is 1. The van der Waals surface area contributed by atoms with Gasteiger partial charge in [-0.05, 0) is 31.6 Å². The molecule has 2 saturated carbocycles. The van der Waals surface area contributed by atoms with Crippen molar-refractivity contribution < 1.29 is 5.21 Å². The van der Waals surface area contributed by atoms with Gasteiger partial charge in [0.1, 0.15) is 0 Å². The van der Waals surface area contributed by atoms with Crippen LogP contribution in [0.5, 0.6) is 0 Å². The lowest BCUT2D eigenvalue weighted by molar-refractivity contribution is 0.294. The summed E-state index contributed by atoms with van der Waals surface area (Å²) < 4.78 is 0. The van der Waals surface area contributed by atoms with Crippen LogP contribution in [0.15, 0.2) is 5.16 Å². The zero-order chi connectivity index (χ0) is 7.68. The summed E-state index contributed by atoms with van der Waals surface area (Å²) in [5, 5.41) is 12.1. The summed E-state index contributed by atoms with van der Waals surface area (Å²) in [4.78, 5) is 0. The third kappa shape index (κ3) is 1.15. The third-order valence-electron chi connectivity index (χ3n) is 3.24. The first-order valence-electron chi connectivity index (χ1n) is 4.62. The molecule has 2 aliphatic carbocycles. The Balaban J connectivity index is 2.10. The van der Waals surface area contributed by atoms with Gasteiger partial charge in [-0.3, -0.25) is 0 Å². The molecular weight excluding hydrogens is 138 g/mol. The van der Waals surface area contributed by atoms with E-state index in [4.69, 9.17) is 5.21 Å². The largest absolute Gasteiger partial charge is 0.411 e. The summed E-state index contributed by atoms with van der Waals surface area (Å²) >= 11 is 0. The Labute approximate surface area is 67.3 Å². The van der Waals surface area contributed by atoms with E-state index in [1.165, 1.54) is 32.1 Å². The number of hydrogen-bond acceptors (Lipinski definition) is 2. The van der Waals surface area contributed by atoms with Gasteiger partial charge >= 0.3 is 0 Å². The van der Waals surface area contributed by atoms with Gasteiger partial charge in [-0.1, -0.05) is 18.0 Å². The monoisotopic (exact) mass is 153 g/mol. The summed E-state index contributed by atoms with van der Waals surface area (Å²) in [7, 11) is 0. The molecular formula is C9H15NO. The first kappa shape index (κ1) is 7.14. The Hall–Kier alpha value is -0.530. The fraction of sp³-hybridized carbons (Fsp3) is 0.889. The minimum Gasteiger partial charge on any atom is -0.411 e. The Morgan fingerprint density at radius 3 is 2.82 bits per heavy atom. The maximum Gasteiger partial charge on any atom is 0.0604 e. The van der Waals surface area contributed by atoms with E-state index in [0.29, 0.717) is 5.92 Å². The number of oxime groups is 1. The van der Waals surface area contributed by atoms with Crippen LogP contribution in [0.1, 0.15) is 38.5 Å². The molecule has 0 amide bonds. The standard InChI is InChI=1S/C9H15NO/c11-10-9-6-5-7-3-1-2-4-8(7)9/h7-8,11H,1-6H2. The average Bonchev–Trinajstić information content (AvgIpc) is 2.47. The molecule has 0 saturated heterocycles. The van der Waals surface area contributed by atoms with Crippen LogP contribution in [0.3, 0.4) is 0 Å². The van der Waals surface area contributed by atoms with E-state index < -0.39 is 0 Å². The second-order valence-electron chi connectivity index (χ2n) is 3.78. The molecule has 11 heavy (non-hydrogen) atoms. The van der Waals surface area contributed by atoms with Crippen molar-refractivity contribution in [3.05, 3.63) is 0 Å². The van der Waals surface area contributed by atoms with Crippen molar-refractivity contribution in [2.24, 2.45) is 17.0 Å². The normalized spacial score (nSPS) is 40.9. The van der Waals surface area contributed by atoms with Gasteiger partial charge in [0.2, 0.25) is 0 Å². The van der Waals surface area contributed by atoms with Gasteiger partial charge in [0, 0.05) is 5.92 Å². The second kappa shape index (κ2) is 2.84. The summed E-state index contributed by atoms with van der Waals surface area (Å²) in [5.74, 6) is 1.50. The Kier molecular flexibility index (Phi) is 1.84. The summed E-state index contributed by atoms with van der Waals surface area (Å²) in [5.41, 5.74) is 1.08. The predicted molar refractivity (Wildman–Crippen MR) is 43.9 cm³/mol. The minimum absolute atomic E-state index is 0.647. The average molecular weight is 153 g/mol. The lowest BCUT2D eigenvalue weighted by atomic mass is 9.81. The Bertz CT molecular complexity index is 176. The molecule has 2 fully saturated rings. The van der Waals surface area contributed by atoms with Crippen molar-refractivity contribution in [3.63, 3.8) is 0 Å². The van der Waals surface area contributed by atoms with E-state index in [1.807, 2.05) is 0 Å². The van der Waals surface area contributed by atoms with Crippen molar-refractivity contribution in [3.8, 4) is 0 Å². The summed E-state index contributed by atoms with van der Waals surface area (Å²) in [6.07, 6.45) is 7.67. The van der Waals surface area contributed by atoms with Crippen molar-refractivity contribution in [2.45, 2.75) is 38.5 Å². The first-order valence-corrected chi connectivity index (χ1v) is 4.62. The van der Waals surface area contributed by atoms with E-state index in [2.05, 4.69) is 5.16 Å². The minimum atomic E-state index is 0.647. The quantitative estimate of drug-likeness (QED) is 0.420. The molecule has 1 N–H and O–H groups in total. The third-order valence-corrected chi connectivity index (χ3v) is 3.24. The summed E-state index contributed by atoms with van der Waals surface area (Å²) in [6, 6.07) is 0. The number of fused-ring (bicyclic) bond motifs is 1. The van der Waals surface area contributed by atoms with E-state index in [9.17, 15) is 0 Å². The number of rotatable bonds is 0. The van der Waals surface area contributed by atoms with Gasteiger partial charge in [-0.15, -0.1) is 0 Å². The highest BCUT2D eigenvalue weighted by Crippen LogP contribution is 2.40. The molecule has 0 aliphatic heterocycles. The van der Waals surface area contributed by atoms with E-state index in [1.54, 1.807) is 0 Å². The van der Waals surface area contributed by atoms with Crippen LogP contribution in [-0.4, -0.2) is 10.9 Å². The molecule has 0 aromatic carbocycles. The molecule has 2 heteroatoms. The molecule has 0 aromatic heterocycles. The molecule has 0 aromatic rings. The van der Waals surface area contributed by atoms with Gasteiger partial charge in [0.25, 0.3) is 0 Å². The zero-order valence-electron chi connectivity index (χ0n) is 6.79. The predicted octanol–water partition coefficient (Wildman–Crippen LogP) is 2.42.